The number of fused-ring (bicyclic) bond motifs is 1. The fourth-order valence-electron chi connectivity index (χ4n) is 5.36. The van der Waals surface area contributed by atoms with Gasteiger partial charge in [-0.2, -0.15) is 0 Å². The van der Waals surface area contributed by atoms with Gasteiger partial charge in [0.05, 0.1) is 26.7 Å². The number of thiophene rings is 1. The average Bonchev–Trinajstić information content (AvgIpc) is 3.72. The molecule has 10 nitrogen and oxygen atoms in total. The lowest BCUT2D eigenvalue weighted by Gasteiger charge is -2.32. The van der Waals surface area contributed by atoms with Gasteiger partial charge >= 0.3 is 6.03 Å². The summed E-state index contributed by atoms with van der Waals surface area (Å²) in [5.41, 5.74) is 2.99. The van der Waals surface area contributed by atoms with Gasteiger partial charge in [-0.05, 0) is 76.2 Å². The number of urea groups is 1. The molecule has 1 unspecified atom stereocenters. The molecule has 6 rings (SSSR count). The number of ether oxygens (including phenoxy) is 1. The monoisotopic (exact) mass is 631 g/mol. The van der Waals surface area contributed by atoms with Crippen LogP contribution in [-0.2, 0) is 11.3 Å². The maximum absolute atomic E-state index is 14.9. The second kappa shape index (κ2) is 13.9. The summed E-state index contributed by atoms with van der Waals surface area (Å²) in [6.45, 7) is 3.94. The van der Waals surface area contributed by atoms with Crippen LogP contribution in [0.4, 0.5) is 14.9 Å². The number of nitrogens with zero attached hydrogens (tertiary/aromatic N) is 4. The van der Waals surface area contributed by atoms with Crippen molar-refractivity contribution in [3.05, 3.63) is 66.2 Å². The van der Waals surface area contributed by atoms with Gasteiger partial charge in [-0.25, -0.2) is 9.18 Å². The zero-order valence-electron chi connectivity index (χ0n) is 25.5. The lowest BCUT2D eigenvalue weighted by Crippen LogP contribution is -2.44. The molecule has 1 aliphatic heterocycles. The fraction of sp³-hybridized carbons (Fsp3) is 0.394. The molecule has 2 fully saturated rings. The van der Waals surface area contributed by atoms with Gasteiger partial charge in [0.2, 0.25) is 5.91 Å². The SMILES string of the molecule is CN(C)CCNC(=O)C1CCCN(Cc2ccc(-c3cc4nccc(Oc5ccc(NC(=O)NC6CC6)cc5F)c4s3)nc2)C1. The van der Waals surface area contributed by atoms with Crippen molar-refractivity contribution >= 4 is 39.2 Å². The number of piperidine rings is 1. The highest BCUT2D eigenvalue weighted by Gasteiger charge is 2.26. The van der Waals surface area contributed by atoms with E-state index in [0.29, 0.717) is 18.0 Å². The molecule has 3 N–H and O–H groups in total. The Bertz CT molecular complexity index is 1660. The Morgan fingerprint density at radius 2 is 1.96 bits per heavy atom. The first-order chi connectivity index (χ1) is 21.8. The van der Waals surface area contributed by atoms with Crippen molar-refractivity contribution < 1.29 is 18.7 Å². The van der Waals surface area contributed by atoms with Crippen LogP contribution in [-0.4, -0.2) is 78.0 Å². The summed E-state index contributed by atoms with van der Waals surface area (Å²) in [5.74, 6) is 0.116. The number of aromatic nitrogens is 2. The molecule has 0 radical (unpaired) electrons. The predicted molar refractivity (Wildman–Crippen MR) is 174 cm³/mol. The Hall–Kier alpha value is -4.13. The minimum Gasteiger partial charge on any atom is -0.453 e. The van der Waals surface area contributed by atoms with E-state index >= 15 is 0 Å². The lowest BCUT2D eigenvalue weighted by molar-refractivity contribution is -0.126. The Labute approximate surface area is 266 Å². The third-order valence-electron chi connectivity index (χ3n) is 7.92. The number of amides is 3. The predicted octanol–water partition coefficient (Wildman–Crippen LogP) is 5.46. The molecule has 1 atom stereocenters. The second-order valence-electron chi connectivity index (χ2n) is 12.0. The zero-order valence-corrected chi connectivity index (χ0v) is 26.3. The molecule has 236 valence electrons. The smallest absolute Gasteiger partial charge is 0.319 e. The zero-order chi connectivity index (χ0) is 31.3. The Balaban J connectivity index is 1.08. The highest BCUT2D eigenvalue weighted by atomic mass is 32.1. The Morgan fingerprint density at radius 1 is 1.09 bits per heavy atom. The molecule has 0 bridgehead atoms. The molecule has 45 heavy (non-hydrogen) atoms. The van der Waals surface area contributed by atoms with Gasteiger partial charge in [0, 0.05) is 62.4 Å². The van der Waals surface area contributed by atoms with Gasteiger partial charge in [0.25, 0.3) is 0 Å². The normalized spacial score (nSPS) is 16.9. The number of carbonyl (C=O) groups excluding carboxylic acids is 2. The van der Waals surface area contributed by atoms with Crippen molar-refractivity contribution in [1.29, 1.82) is 0 Å². The number of carbonyl (C=O) groups is 2. The molecule has 4 heterocycles. The molecular weight excluding hydrogens is 593 g/mol. The van der Waals surface area contributed by atoms with E-state index in [4.69, 9.17) is 9.72 Å². The topological polar surface area (TPSA) is 112 Å². The van der Waals surface area contributed by atoms with Crippen LogP contribution in [0, 0.1) is 11.7 Å². The van der Waals surface area contributed by atoms with Crippen molar-refractivity contribution in [1.82, 2.24) is 30.4 Å². The largest absolute Gasteiger partial charge is 0.453 e. The summed E-state index contributed by atoms with van der Waals surface area (Å²) < 4.78 is 21.7. The maximum Gasteiger partial charge on any atom is 0.319 e. The van der Waals surface area contributed by atoms with E-state index < -0.39 is 5.82 Å². The molecule has 1 aliphatic carbocycles. The highest BCUT2D eigenvalue weighted by Crippen LogP contribution is 2.39. The molecule has 0 spiro atoms. The van der Waals surface area contributed by atoms with E-state index in [1.54, 1.807) is 18.3 Å². The Kier molecular flexibility index (Phi) is 9.53. The Morgan fingerprint density at radius 3 is 2.71 bits per heavy atom. The molecule has 1 saturated carbocycles. The number of rotatable bonds is 11. The van der Waals surface area contributed by atoms with Crippen LogP contribution in [0.25, 0.3) is 20.8 Å². The summed E-state index contributed by atoms with van der Waals surface area (Å²) >= 11 is 1.48. The van der Waals surface area contributed by atoms with E-state index in [-0.39, 0.29) is 29.6 Å². The summed E-state index contributed by atoms with van der Waals surface area (Å²) in [5, 5.41) is 8.55. The molecule has 3 amide bonds. The van der Waals surface area contributed by atoms with Crippen LogP contribution < -0.4 is 20.7 Å². The van der Waals surface area contributed by atoms with E-state index in [9.17, 15) is 14.0 Å². The molecule has 12 heteroatoms. The second-order valence-corrected chi connectivity index (χ2v) is 13.0. The van der Waals surface area contributed by atoms with Crippen LogP contribution in [0.5, 0.6) is 11.5 Å². The first kappa shape index (κ1) is 30.9. The maximum atomic E-state index is 14.9. The van der Waals surface area contributed by atoms with Crippen LogP contribution >= 0.6 is 11.3 Å². The summed E-state index contributed by atoms with van der Waals surface area (Å²) in [6, 6.07) is 12.0. The van der Waals surface area contributed by atoms with Crippen molar-refractivity contribution in [2.75, 3.05) is 45.6 Å². The van der Waals surface area contributed by atoms with Gasteiger partial charge < -0.3 is 25.6 Å². The van der Waals surface area contributed by atoms with Crippen LogP contribution in [0.3, 0.4) is 0 Å². The van der Waals surface area contributed by atoms with Gasteiger partial charge in [-0.15, -0.1) is 11.3 Å². The van der Waals surface area contributed by atoms with Crippen molar-refractivity contribution in [3.8, 4) is 22.1 Å². The van der Waals surface area contributed by atoms with Crippen LogP contribution in [0.15, 0.2) is 54.9 Å². The minimum atomic E-state index is -0.580. The number of likely N-dealkylation sites (N-methyl/N-ethyl adjacent to an activating group) is 1. The van der Waals surface area contributed by atoms with Gasteiger partial charge in [0.15, 0.2) is 11.6 Å². The highest BCUT2D eigenvalue weighted by molar-refractivity contribution is 7.22. The van der Waals surface area contributed by atoms with Gasteiger partial charge in [0.1, 0.15) is 5.75 Å². The summed E-state index contributed by atoms with van der Waals surface area (Å²) in [7, 11) is 4.00. The third kappa shape index (κ3) is 8.13. The van der Waals surface area contributed by atoms with E-state index in [1.165, 1.54) is 23.5 Å². The number of halogens is 1. The number of hydrogen-bond donors (Lipinski definition) is 3. The van der Waals surface area contributed by atoms with Crippen LogP contribution in [0.1, 0.15) is 31.2 Å². The molecule has 2 aliphatic rings. The minimum absolute atomic E-state index is 0.0112. The van der Waals surface area contributed by atoms with E-state index in [2.05, 4.69) is 36.8 Å². The number of anilines is 1. The quantitative estimate of drug-likeness (QED) is 0.202. The van der Waals surface area contributed by atoms with Crippen molar-refractivity contribution in [2.24, 2.45) is 5.92 Å². The summed E-state index contributed by atoms with van der Waals surface area (Å²) in [6.07, 6.45) is 7.39. The van der Waals surface area contributed by atoms with Crippen molar-refractivity contribution in [2.45, 2.75) is 38.3 Å². The molecular formula is C33H38FN7O3S. The number of benzene rings is 1. The van der Waals surface area contributed by atoms with Crippen molar-refractivity contribution in [3.63, 3.8) is 0 Å². The molecule has 1 aromatic carbocycles. The number of nitrogens with one attached hydrogen (secondary N) is 3. The summed E-state index contributed by atoms with van der Waals surface area (Å²) in [4.78, 5) is 39.2. The standard InChI is InChI=1S/C33H38FN7O3S/c1-40(2)15-13-36-32(42)22-4-3-14-41(20-22)19-21-5-9-26(37-18-21)30-17-27-31(45-30)29(11-12-35-27)44-28-10-8-24(16-25(28)34)39-33(43)38-23-6-7-23/h5,8-12,16-18,22-23H,3-4,6-7,13-15,19-20H2,1-2H3,(H,36,42)(H2,38,39,43). The van der Waals surface area contributed by atoms with E-state index in [1.807, 2.05) is 32.4 Å². The molecule has 1 saturated heterocycles. The number of likely N-dealkylation sites (tertiary alicyclic amines) is 1. The third-order valence-corrected chi connectivity index (χ3v) is 9.08. The first-order valence-electron chi connectivity index (χ1n) is 15.3. The van der Waals surface area contributed by atoms with Gasteiger partial charge in [-0.1, -0.05) is 6.07 Å². The van der Waals surface area contributed by atoms with Crippen LogP contribution in [0.2, 0.25) is 0 Å². The molecule has 3 aromatic heterocycles. The molecule has 4 aromatic rings. The fourth-order valence-corrected chi connectivity index (χ4v) is 6.41. The average molecular weight is 632 g/mol. The number of pyridine rings is 2. The van der Waals surface area contributed by atoms with E-state index in [0.717, 1.165) is 78.2 Å². The lowest BCUT2D eigenvalue weighted by atomic mass is 9.96. The number of hydrogen-bond acceptors (Lipinski definition) is 8. The van der Waals surface area contributed by atoms with Gasteiger partial charge in [-0.3, -0.25) is 19.7 Å². The first-order valence-corrected chi connectivity index (χ1v) is 16.2.